The third-order valence-corrected chi connectivity index (χ3v) is 7.00. The summed E-state index contributed by atoms with van der Waals surface area (Å²) in [6.07, 6.45) is 2.80. The van der Waals surface area contributed by atoms with Crippen molar-refractivity contribution in [3.63, 3.8) is 0 Å². The first kappa shape index (κ1) is 30.6. The van der Waals surface area contributed by atoms with Crippen molar-refractivity contribution in [1.82, 2.24) is 9.88 Å². The van der Waals surface area contributed by atoms with Gasteiger partial charge in [0.2, 0.25) is 0 Å². The maximum Gasteiger partial charge on any atom is 0.321 e. The number of carbonyl (C=O) groups excluding carboxylic acids is 1. The van der Waals surface area contributed by atoms with Gasteiger partial charge in [-0.3, -0.25) is 4.98 Å². The number of anilines is 1. The van der Waals surface area contributed by atoms with Gasteiger partial charge in [0.15, 0.2) is 0 Å². The maximum absolute atomic E-state index is 13.4. The van der Waals surface area contributed by atoms with E-state index in [0.717, 1.165) is 66.1 Å². The number of nitrogens with one attached hydrogen (secondary N) is 1. The summed E-state index contributed by atoms with van der Waals surface area (Å²) in [5.41, 5.74) is 14.6. The molecule has 3 N–H and O–H groups in total. The Morgan fingerprint density at radius 2 is 1.65 bits per heavy atom. The van der Waals surface area contributed by atoms with E-state index >= 15 is 0 Å². The average Bonchev–Trinajstić information content (AvgIpc) is 2.86. The number of urea groups is 1. The normalized spacial score (nSPS) is 13.6. The fourth-order valence-electron chi connectivity index (χ4n) is 5.10. The quantitative estimate of drug-likeness (QED) is 0.343. The lowest BCUT2D eigenvalue weighted by molar-refractivity contribution is 0.194. The van der Waals surface area contributed by atoms with Crippen molar-refractivity contribution in [2.45, 2.75) is 59.4 Å². The van der Waals surface area contributed by atoms with E-state index < -0.39 is 0 Å². The number of aryl methyl sites for hydroxylation is 2. The summed E-state index contributed by atoms with van der Waals surface area (Å²) in [6.45, 7) is 10.3. The van der Waals surface area contributed by atoms with E-state index in [9.17, 15) is 4.79 Å². The van der Waals surface area contributed by atoms with E-state index in [1.165, 1.54) is 11.1 Å². The minimum atomic E-state index is -0.0608. The molecule has 200 valence electrons. The number of piperidine rings is 1. The van der Waals surface area contributed by atoms with Crippen LogP contribution in [0.15, 0.2) is 54.6 Å². The Morgan fingerprint density at radius 3 is 2.22 bits per heavy atom. The van der Waals surface area contributed by atoms with Gasteiger partial charge in [-0.25, -0.2) is 4.79 Å². The molecule has 0 unspecified atom stereocenters. The highest BCUT2D eigenvalue weighted by Gasteiger charge is 2.26. The lowest BCUT2D eigenvalue weighted by Gasteiger charge is -2.33. The Labute approximate surface area is 234 Å². The molecule has 0 bridgehead atoms. The maximum atomic E-state index is 13.4. The lowest BCUT2D eigenvalue weighted by Crippen LogP contribution is -2.40. The van der Waals surface area contributed by atoms with E-state index in [1.807, 2.05) is 11.8 Å². The Hall–Kier alpha value is -2.60. The van der Waals surface area contributed by atoms with Gasteiger partial charge >= 0.3 is 6.03 Å². The minimum absolute atomic E-state index is 0. The van der Waals surface area contributed by atoms with E-state index in [0.29, 0.717) is 18.4 Å². The molecule has 2 heterocycles. The Balaban J connectivity index is 0.00000241. The van der Waals surface area contributed by atoms with Crippen molar-refractivity contribution in [3.05, 3.63) is 82.7 Å². The number of carbonyl (C=O) groups is 1. The van der Waals surface area contributed by atoms with Gasteiger partial charge in [0, 0.05) is 30.9 Å². The fourth-order valence-corrected chi connectivity index (χ4v) is 5.10. The highest BCUT2D eigenvalue weighted by Crippen LogP contribution is 2.37. The molecule has 1 aromatic heterocycles. The van der Waals surface area contributed by atoms with Crippen molar-refractivity contribution in [2.75, 3.05) is 18.4 Å². The molecular weight excluding hydrogens is 503 g/mol. The van der Waals surface area contributed by atoms with Crippen LogP contribution in [0.2, 0.25) is 0 Å². The van der Waals surface area contributed by atoms with Crippen LogP contribution in [-0.4, -0.2) is 29.0 Å². The van der Waals surface area contributed by atoms with Crippen LogP contribution in [0, 0.1) is 19.8 Å². The number of halogens is 2. The lowest BCUT2D eigenvalue weighted by atomic mass is 9.89. The number of likely N-dealkylation sites (tertiary alicyclic amines) is 1. The summed E-state index contributed by atoms with van der Waals surface area (Å²) < 4.78 is 0. The van der Waals surface area contributed by atoms with Gasteiger partial charge in [0.25, 0.3) is 0 Å². The SMILES string of the molecule is Cc1ccc(-c2c(CN)c(CC(C)C)nc(C)c2NC(=O)N2CCC(c3ccccc3)CC2)cc1.Cl.Cl. The van der Waals surface area contributed by atoms with Crippen LogP contribution in [0.5, 0.6) is 0 Å². The highest BCUT2D eigenvalue weighted by molar-refractivity contribution is 5.96. The number of nitrogens with zero attached hydrogens (tertiary/aromatic N) is 2. The molecule has 37 heavy (non-hydrogen) atoms. The number of hydrogen-bond donors (Lipinski definition) is 2. The molecule has 1 saturated heterocycles. The van der Waals surface area contributed by atoms with Crippen molar-refractivity contribution >= 4 is 36.5 Å². The van der Waals surface area contributed by atoms with Crippen LogP contribution >= 0.6 is 24.8 Å². The summed E-state index contributed by atoms with van der Waals surface area (Å²) in [6, 6.07) is 19.0. The first-order chi connectivity index (χ1) is 16.9. The van der Waals surface area contributed by atoms with Crippen LogP contribution in [-0.2, 0) is 13.0 Å². The largest absolute Gasteiger partial charge is 0.326 e. The molecule has 0 radical (unpaired) electrons. The molecule has 0 aliphatic carbocycles. The van der Waals surface area contributed by atoms with Crippen LogP contribution in [0.1, 0.15) is 60.7 Å². The average molecular weight is 544 g/mol. The molecule has 3 aromatic rings. The second-order valence-corrected chi connectivity index (χ2v) is 10.1. The standard InChI is InChI=1S/C30H38N4O.2ClH/c1-20(2)18-27-26(19-31)28(25-12-10-21(3)11-13-25)29(22(4)32-27)33-30(35)34-16-14-24(15-17-34)23-8-6-5-7-9-23;;/h5-13,20,24H,14-19,31H2,1-4H3,(H,33,35);2*1H. The molecule has 0 spiro atoms. The zero-order valence-electron chi connectivity index (χ0n) is 22.3. The smallest absolute Gasteiger partial charge is 0.321 e. The number of rotatable bonds is 6. The molecule has 2 amide bonds. The number of benzene rings is 2. The molecule has 1 fully saturated rings. The van der Waals surface area contributed by atoms with Gasteiger partial charge in [-0.05, 0) is 61.6 Å². The van der Waals surface area contributed by atoms with Gasteiger partial charge in [-0.2, -0.15) is 0 Å². The molecule has 1 aliphatic heterocycles. The second-order valence-electron chi connectivity index (χ2n) is 10.1. The first-order valence-electron chi connectivity index (χ1n) is 12.8. The number of pyridine rings is 1. The van der Waals surface area contributed by atoms with Crippen molar-refractivity contribution in [2.24, 2.45) is 11.7 Å². The molecule has 2 aromatic carbocycles. The first-order valence-corrected chi connectivity index (χ1v) is 12.8. The van der Waals surface area contributed by atoms with E-state index in [1.54, 1.807) is 0 Å². The van der Waals surface area contributed by atoms with Crippen molar-refractivity contribution in [3.8, 4) is 11.1 Å². The Morgan fingerprint density at radius 1 is 1.03 bits per heavy atom. The van der Waals surface area contributed by atoms with E-state index in [-0.39, 0.29) is 30.8 Å². The molecule has 7 heteroatoms. The molecule has 0 saturated carbocycles. The summed E-state index contributed by atoms with van der Waals surface area (Å²) in [7, 11) is 0. The summed E-state index contributed by atoms with van der Waals surface area (Å²) in [4.78, 5) is 20.3. The predicted molar refractivity (Wildman–Crippen MR) is 159 cm³/mol. The summed E-state index contributed by atoms with van der Waals surface area (Å²) in [5, 5.41) is 3.24. The molecule has 1 aliphatic rings. The van der Waals surface area contributed by atoms with E-state index in [2.05, 4.69) is 80.7 Å². The Kier molecular flexibility index (Phi) is 11.4. The number of aromatic nitrogens is 1. The van der Waals surface area contributed by atoms with Gasteiger partial charge in [-0.1, -0.05) is 74.0 Å². The second kappa shape index (κ2) is 13.8. The summed E-state index contributed by atoms with van der Waals surface area (Å²) >= 11 is 0. The van der Waals surface area contributed by atoms with Crippen LogP contribution in [0.4, 0.5) is 10.5 Å². The number of amides is 2. The Bertz CT molecular complexity index is 1160. The molecule has 5 nitrogen and oxygen atoms in total. The predicted octanol–water partition coefficient (Wildman–Crippen LogP) is 7.28. The third-order valence-electron chi connectivity index (χ3n) is 7.00. The topological polar surface area (TPSA) is 71.2 Å². The fraction of sp³-hybridized carbons (Fsp3) is 0.400. The summed E-state index contributed by atoms with van der Waals surface area (Å²) in [5.74, 6) is 0.968. The zero-order valence-corrected chi connectivity index (χ0v) is 23.9. The molecular formula is C30H40Cl2N4O. The minimum Gasteiger partial charge on any atom is -0.326 e. The van der Waals surface area contributed by atoms with E-state index in [4.69, 9.17) is 10.7 Å². The number of nitrogens with two attached hydrogens (primary N) is 1. The van der Waals surface area contributed by atoms with Crippen molar-refractivity contribution < 1.29 is 4.79 Å². The molecule has 4 rings (SSSR count). The van der Waals surface area contributed by atoms with Crippen LogP contribution in [0.25, 0.3) is 11.1 Å². The number of hydrogen-bond acceptors (Lipinski definition) is 3. The third kappa shape index (κ3) is 7.25. The monoisotopic (exact) mass is 542 g/mol. The van der Waals surface area contributed by atoms with Crippen LogP contribution < -0.4 is 11.1 Å². The van der Waals surface area contributed by atoms with Crippen molar-refractivity contribution in [1.29, 1.82) is 0 Å². The van der Waals surface area contributed by atoms with Gasteiger partial charge in [0.05, 0.1) is 11.4 Å². The molecule has 0 atom stereocenters. The highest BCUT2D eigenvalue weighted by atomic mass is 35.5. The van der Waals surface area contributed by atoms with Gasteiger partial charge in [-0.15, -0.1) is 24.8 Å². The van der Waals surface area contributed by atoms with Crippen LogP contribution in [0.3, 0.4) is 0 Å². The van der Waals surface area contributed by atoms with Gasteiger partial charge < -0.3 is 16.0 Å². The zero-order chi connectivity index (χ0) is 24.9. The van der Waals surface area contributed by atoms with Gasteiger partial charge in [0.1, 0.15) is 0 Å².